The zero-order valence-corrected chi connectivity index (χ0v) is 18.8. The number of aromatic nitrogens is 2. The van der Waals surface area contributed by atoms with E-state index in [4.69, 9.17) is 4.74 Å². The van der Waals surface area contributed by atoms with Crippen molar-refractivity contribution in [3.63, 3.8) is 0 Å². The Morgan fingerprint density at radius 2 is 2.12 bits per heavy atom. The van der Waals surface area contributed by atoms with Gasteiger partial charge in [-0.1, -0.05) is 13.0 Å². The molecule has 0 atom stereocenters. The van der Waals surface area contributed by atoms with Crippen molar-refractivity contribution in [3.8, 4) is 11.8 Å². The average molecular weight is 569 g/mol. The molecule has 4 nitrogen and oxygen atoms in total. The first-order chi connectivity index (χ1) is 12.5. The summed E-state index contributed by atoms with van der Waals surface area (Å²) in [5.74, 6) is 1.39. The lowest BCUT2D eigenvalue weighted by Crippen LogP contribution is -2.00. The van der Waals surface area contributed by atoms with Crippen molar-refractivity contribution in [3.05, 3.63) is 54.4 Å². The zero-order valence-electron chi connectivity index (χ0n) is 14.4. The lowest BCUT2D eigenvalue weighted by molar-refractivity contribution is 0.314. The number of hydrogen-bond acceptors (Lipinski definition) is 3. The van der Waals surface area contributed by atoms with Crippen LogP contribution in [0.2, 0.25) is 0 Å². The topological polar surface area (TPSA) is 61.7 Å². The van der Waals surface area contributed by atoms with Crippen molar-refractivity contribution < 1.29 is 4.74 Å². The molecule has 0 amide bonds. The number of rotatable bonds is 5. The molecule has 6 heteroatoms. The number of nitrogens with one attached hydrogen (secondary N) is 1. The van der Waals surface area contributed by atoms with E-state index in [1.165, 1.54) is 0 Å². The molecule has 0 saturated carbocycles. The number of H-pyrrole nitrogens is 1. The lowest BCUT2D eigenvalue weighted by Gasteiger charge is -2.11. The fourth-order valence-electron chi connectivity index (χ4n) is 2.60. The molecule has 0 bridgehead atoms. The summed E-state index contributed by atoms with van der Waals surface area (Å²) < 4.78 is 8.06. The Labute approximate surface area is 179 Å². The third kappa shape index (κ3) is 4.20. The zero-order chi connectivity index (χ0) is 18.7. The number of aromatic amines is 1. The maximum atomic E-state index is 9.70. The van der Waals surface area contributed by atoms with E-state index in [2.05, 4.69) is 74.2 Å². The maximum absolute atomic E-state index is 9.70. The predicted molar refractivity (Wildman–Crippen MR) is 122 cm³/mol. The van der Waals surface area contributed by atoms with Gasteiger partial charge in [-0.05, 0) is 94.4 Å². The molecule has 1 heterocycles. The Bertz CT molecular complexity index is 1030. The Kier molecular flexibility index (Phi) is 6.19. The van der Waals surface area contributed by atoms with Crippen LogP contribution in [0.5, 0.6) is 5.75 Å². The van der Waals surface area contributed by atoms with Gasteiger partial charge in [0.05, 0.1) is 26.8 Å². The standard InChI is InChI=1S/C20H17I2N3O/c1-3-6-26-19-13(9-15(21)10-16(19)22)8-14(11-23)20-24-17-5-4-12(2)7-18(17)25-20/h4-5,7-10H,3,6H2,1-2H3,(H,24,25)/b14-8+. The van der Waals surface area contributed by atoms with Crippen molar-refractivity contribution in [1.29, 1.82) is 5.26 Å². The van der Waals surface area contributed by atoms with Crippen LogP contribution in [0.4, 0.5) is 0 Å². The molecule has 0 spiro atoms. The molecule has 0 aliphatic carbocycles. The van der Waals surface area contributed by atoms with E-state index in [0.29, 0.717) is 18.0 Å². The molecule has 1 N–H and O–H groups in total. The van der Waals surface area contributed by atoms with Crippen molar-refractivity contribution in [2.24, 2.45) is 0 Å². The number of halogens is 2. The minimum Gasteiger partial charge on any atom is -0.492 e. The van der Waals surface area contributed by atoms with Crippen LogP contribution in [0.3, 0.4) is 0 Å². The van der Waals surface area contributed by atoms with Gasteiger partial charge in [0.25, 0.3) is 0 Å². The van der Waals surface area contributed by atoms with E-state index in [9.17, 15) is 5.26 Å². The second-order valence-electron chi connectivity index (χ2n) is 5.93. The summed E-state index contributed by atoms with van der Waals surface area (Å²) in [4.78, 5) is 7.82. The van der Waals surface area contributed by atoms with Crippen LogP contribution in [-0.4, -0.2) is 16.6 Å². The van der Waals surface area contributed by atoms with Gasteiger partial charge in [-0.25, -0.2) is 4.98 Å². The number of allylic oxidation sites excluding steroid dienone is 1. The minimum atomic E-state index is 0.484. The van der Waals surface area contributed by atoms with Crippen molar-refractivity contribution in [2.45, 2.75) is 20.3 Å². The fraction of sp³-hybridized carbons (Fsp3) is 0.200. The largest absolute Gasteiger partial charge is 0.492 e. The van der Waals surface area contributed by atoms with Crippen LogP contribution in [-0.2, 0) is 0 Å². The molecule has 0 aliphatic heterocycles. The number of nitriles is 1. The molecule has 0 radical (unpaired) electrons. The fourth-order valence-corrected chi connectivity index (χ4v) is 4.65. The number of ether oxygens (including phenoxy) is 1. The monoisotopic (exact) mass is 569 g/mol. The predicted octanol–water partition coefficient (Wildman–Crippen LogP) is 5.93. The summed E-state index contributed by atoms with van der Waals surface area (Å²) >= 11 is 4.55. The second-order valence-corrected chi connectivity index (χ2v) is 8.34. The Morgan fingerprint density at radius 3 is 2.85 bits per heavy atom. The van der Waals surface area contributed by atoms with Crippen molar-refractivity contribution in [1.82, 2.24) is 9.97 Å². The van der Waals surface area contributed by atoms with E-state index in [1.54, 1.807) is 0 Å². The van der Waals surface area contributed by atoms with E-state index in [-0.39, 0.29) is 0 Å². The Morgan fingerprint density at radius 1 is 1.31 bits per heavy atom. The first-order valence-electron chi connectivity index (χ1n) is 8.22. The molecule has 0 saturated heterocycles. The molecule has 132 valence electrons. The summed E-state index contributed by atoms with van der Waals surface area (Å²) in [6.45, 7) is 4.75. The Balaban J connectivity index is 2.09. The van der Waals surface area contributed by atoms with E-state index in [1.807, 2.05) is 37.3 Å². The van der Waals surface area contributed by atoms with Crippen LogP contribution in [0.1, 0.15) is 30.3 Å². The minimum absolute atomic E-state index is 0.484. The highest BCUT2D eigenvalue weighted by atomic mass is 127. The number of benzene rings is 2. The molecule has 3 aromatic rings. The highest BCUT2D eigenvalue weighted by Gasteiger charge is 2.13. The third-order valence-corrected chi connectivity index (χ3v) is 5.22. The van der Waals surface area contributed by atoms with Gasteiger partial charge < -0.3 is 9.72 Å². The molecular weight excluding hydrogens is 552 g/mol. The summed E-state index contributed by atoms with van der Waals surface area (Å²) in [6, 6.07) is 12.4. The summed E-state index contributed by atoms with van der Waals surface area (Å²) in [6.07, 6.45) is 2.78. The molecule has 0 aliphatic rings. The van der Waals surface area contributed by atoms with Crippen LogP contribution >= 0.6 is 45.2 Å². The molecular formula is C20H17I2N3O. The molecule has 1 aromatic heterocycles. The van der Waals surface area contributed by atoms with Gasteiger partial charge in [-0.3, -0.25) is 0 Å². The van der Waals surface area contributed by atoms with Gasteiger partial charge in [0.15, 0.2) is 0 Å². The first-order valence-corrected chi connectivity index (χ1v) is 10.4. The van der Waals surface area contributed by atoms with E-state index < -0.39 is 0 Å². The molecule has 2 aromatic carbocycles. The molecule has 3 rings (SSSR count). The van der Waals surface area contributed by atoms with Gasteiger partial charge in [-0.2, -0.15) is 5.26 Å². The lowest BCUT2D eigenvalue weighted by atomic mass is 10.1. The Hall–Kier alpha value is -1.60. The number of fused-ring (bicyclic) bond motifs is 1. The van der Waals surface area contributed by atoms with Crippen molar-refractivity contribution in [2.75, 3.05) is 6.61 Å². The number of imidazole rings is 1. The van der Waals surface area contributed by atoms with Crippen LogP contribution in [0.15, 0.2) is 30.3 Å². The third-order valence-electron chi connectivity index (χ3n) is 3.80. The molecule has 0 unspecified atom stereocenters. The van der Waals surface area contributed by atoms with E-state index >= 15 is 0 Å². The normalized spacial score (nSPS) is 11.6. The van der Waals surface area contributed by atoms with Crippen molar-refractivity contribution >= 4 is 67.9 Å². The first kappa shape index (κ1) is 19.2. The van der Waals surface area contributed by atoms with Crippen LogP contribution in [0, 0.1) is 25.4 Å². The molecule has 0 fully saturated rings. The number of aryl methyl sites for hydroxylation is 1. The highest BCUT2D eigenvalue weighted by Crippen LogP contribution is 2.31. The number of hydrogen-bond donors (Lipinski definition) is 1. The van der Waals surface area contributed by atoms with Gasteiger partial charge in [0, 0.05) is 9.13 Å². The van der Waals surface area contributed by atoms with E-state index in [0.717, 1.165) is 41.5 Å². The summed E-state index contributed by atoms with van der Waals surface area (Å²) in [7, 11) is 0. The van der Waals surface area contributed by atoms with Gasteiger partial charge in [-0.15, -0.1) is 0 Å². The summed E-state index contributed by atoms with van der Waals surface area (Å²) in [5, 5.41) is 9.70. The molecule has 26 heavy (non-hydrogen) atoms. The highest BCUT2D eigenvalue weighted by molar-refractivity contribution is 14.1. The van der Waals surface area contributed by atoms with Crippen LogP contribution < -0.4 is 4.74 Å². The number of nitrogens with zero attached hydrogens (tertiary/aromatic N) is 2. The van der Waals surface area contributed by atoms with Crippen LogP contribution in [0.25, 0.3) is 22.7 Å². The quantitative estimate of drug-likeness (QED) is 0.306. The smallest absolute Gasteiger partial charge is 0.149 e. The average Bonchev–Trinajstić information content (AvgIpc) is 3.01. The SMILES string of the molecule is CCCOc1c(I)cc(I)cc1/C=C(\C#N)c1nc2ccc(C)cc2[nH]1. The summed E-state index contributed by atoms with van der Waals surface area (Å²) in [5.41, 5.74) is 4.31. The maximum Gasteiger partial charge on any atom is 0.149 e. The van der Waals surface area contributed by atoms with Gasteiger partial charge in [0.2, 0.25) is 0 Å². The van der Waals surface area contributed by atoms with Gasteiger partial charge in [0.1, 0.15) is 17.6 Å². The van der Waals surface area contributed by atoms with Gasteiger partial charge >= 0.3 is 0 Å². The second kappa shape index (κ2) is 8.39.